The van der Waals surface area contributed by atoms with Crippen LogP contribution in [-0.2, 0) is 6.61 Å². The molecule has 84 valence electrons. The predicted octanol–water partition coefficient (Wildman–Crippen LogP) is 3.78. The van der Waals surface area contributed by atoms with Crippen LogP contribution in [0, 0.1) is 6.92 Å². The van der Waals surface area contributed by atoms with E-state index in [-0.39, 0.29) is 6.61 Å². The molecule has 0 amide bonds. The van der Waals surface area contributed by atoms with Gasteiger partial charge in [-0.2, -0.15) is 0 Å². The van der Waals surface area contributed by atoms with Gasteiger partial charge in [0.25, 0.3) is 0 Å². The summed E-state index contributed by atoms with van der Waals surface area (Å²) in [6.45, 7) is 6.71. The molecule has 1 N–H and O–H groups in total. The number of aliphatic hydroxyl groups is 1. The fraction of sp³-hybridized carbons (Fsp3) is 0.571. The van der Waals surface area contributed by atoms with Crippen LogP contribution in [0.4, 0.5) is 0 Å². The maximum absolute atomic E-state index is 9.11. The van der Waals surface area contributed by atoms with Crippen LogP contribution in [0.1, 0.15) is 55.7 Å². The molecule has 1 atom stereocenters. The van der Waals surface area contributed by atoms with Gasteiger partial charge in [0.1, 0.15) is 0 Å². The van der Waals surface area contributed by atoms with Crippen molar-refractivity contribution in [2.45, 2.75) is 52.6 Å². The van der Waals surface area contributed by atoms with E-state index in [0.717, 1.165) is 5.56 Å². The van der Waals surface area contributed by atoms with E-state index in [4.69, 9.17) is 5.11 Å². The maximum Gasteiger partial charge on any atom is 0.0684 e. The fourth-order valence-electron chi connectivity index (χ4n) is 2.11. The lowest BCUT2D eigenvalue weighted by atomic mass is 9.90. The molecule has 0 bridgehead atoms. The molecule has 1 aromatic rings. The van der Waals surface area contributed by atoms with Gasteiger partial charge in [-0.25, -0.2) is 0 Å². The van der Waals surface area contributed by atoms with Gasteiger partial charge in [0.2, 0.25) is 0 Å². The average molecular weight is 206 g/mol. The van der Waals surface area contributed by atoms with Crippen LogP contribution in [0.5, 0.6) is 0 Å². The zero-order valence-corrected chi connectivity index (χ0v) is 10.1. The third-order valence-electron chi connectivity index (χ3n) is 3.14. The highest BCUT2D eigenvalue weighted by Gasteiger charge is 2.09. The summed E-state index contributed by atoms with van der Waals surface area (Å²) in [4.78, 5) is 0. The van der Waals surface area contributed by atoms with Crippen molar-refractivity contribution in [1.29, 1.82) is 0 Å². The Morgan fingerprint density at radius 3 is 2.47 bits per heavy atom. The lowest BCUT2D eigenvalue weighted by Gasteiger charge is -2.16. The largest absolute Gasteiger partial charge is 0.392 e. The minimum absolute atomic E-state index is 0.149. The van der Waals surface area contributed by atoms with Crippen molar-refractivity contribution in [1.82, 2.24) is 0 Å². The first-order valence-electron chi connectivity index (χ1n) is 5.93. The molecular weight excluding hydrogens is 184 g/mol. The van der Waals surface area contributed by atoms with Crippen LogP contribution in [0.2, 0.25) is 0 Å². The Kier molecular flexibility index (Phi) is 4.83. The Labute approximate surface area is 93.1 Å². The molecule has 0 aliphatic rings. The van der Waals surface area contributed by atoms with Crippen LogP contribution < -0.4 is 0 Å². The third-order valence-corrected chi connectivity index (χ3v) is 3.14. The standard InChI is InChI=1S/C14H22O/c1-4-6-12(5-2)13-7-8-14(10-15)11(3)9-13/h7-9,12,15H,4-6,10H2,1-3H3. The normalized spacial score (nSPS) is 12.8. The first kappa shape index (κ1) is 12.3. The number of aryl methyl sites for hydroxylation is 1. The van der Waals surface area contributed by atoms with Crippen LogP contribution in [0.25, 0.3) is 0 Å². The van der Waals surface area contributed by atoms with Crippen molar-refractivity contribution < 1.29 is 5.11 Å². The van der Waals surface area contributed by atoms with Crippen LogP contribution in [0.3, 0.4) is 0 Å². The summed E-state index contributed by atoms with van der Waals surface area (Å²) >= 11 is 0. The second kappa shape index (κ2) is 5.92. The van der Waals surface area contributed by atoms with E-state index < -0.39 is 0 Å². The summed E-state index contributed by atoms with van der Waals surface area (Å²) in [5, 5.41) is 9.11. The predicted molar refractivity (Wildman–Crippen MR) is 65.0 cm³/mol. The molecule has 0 aliphatic heterocycles. The molecule has 0 aliphatic carbocycles. The third kappa shape index (κ3) is 3.07. The van der Waals surface area contributed by atoms with E-state index in [1.165, 1.54) is 30.4 Å². The van der Waals surface area contributed by atoms with Crippen LogP contribution in [-0.4, -0.2) is 5.11 Å². The lowest BCUT2D eigenvalue weighted by Crippen LogP contribution is -1.99. The molecule has 0 saturated heterocycles. The number of rotatable bonds is 5. The molecule has 15 heavy (non-hydrogen) atoms. The quantitative estimate of drug-likeness (QED) is 0.777. The van der Waals surface area contributed by atoms with Gasteiger partial charge in [-0.15, -0.1) is 0 Å². The molecular formula is C14H22O. The van der Waals surface area contributed by atoms with Crippen molar-refractivity contribution in [2.24, 2.45) is 0 Å². The van der Waals surface area contributed by atoms with Gasteiger partial charge in [-0.05, 0) is 42.4 Å². The van der Waals surface area contributed by atoms with Gasteiger partial charge in [-0.1, -0.05) is 38.5 Å². The number of hydrogen-bond acceptors (Lipinski definition) is 1. The second-order valence-electron chi connectivity index (χ2n) is 4.24. The molecule has 0 saturated carbocycles. The first-order chi connectivity index (χ1) is 7.22. The van der Waals surface area contributed by atoms with Crippen molar-refractivity contribution in [3.05, 3.63) is 34.9 Å². The second-order valence-corrected chi connectivity index (χ2v) is 4.24. The Balaban J connectivity index is 2.89. The van der Waals surface area contributed by atoms with Gasteiger partial charge in [-0.3, -0.25) is 0 Å². The molecule has 0 radical (unpaired) electrons. The molecule has 0 spiro atoms. The molecule has 0 fully saturated rings. The Hall–Kier alpha value is -0.820. The van der Waals surface area contributed by atoms with E-state index >= 15 is 0 Å². The summed E-state index contributed by atoms with van der Waals surface area (Å²) in [6, 6.07) is 6.46. The minimum Gasteiger partial charge on any atom is -0.392 e. The summed E-state index contributed by atoms with van der Waals surface area (Å²) in [5.41, 5.74) is 3.68. The number of aliphatic hydroxyl groups excluding tert-OH is 1. The lowest BCUT2D eigenvalue weighted by molar-refractivity contribution is 0.281. The van der Waals surface area contributed by atoms with E-state index in [0.29, 0.717) is 5.92 Å². The number of hydrogen-bond donors (Lipinski definition) is 1. The summed E-state index contributed by atoms with van der Waals surface area (Å²) in [7, 11) is 0. The molecule has 0 aromatic heterocycles. The van der Waals surface area contributed by atoms with E-state index in [1.807, 2.05) is 0 Å². The monoisotopic (exact) mass is 206 g/mol. The van der Waals surface area contributed by atoms with Gasteiger partial charge in [0, 0.05) is 0 Å². The zero-order valence-electron chi connectivity index (χ0n) is 10.1. The van der Waals surface area contributed by atoms with Gasteiger partial charge >= 0.3 is 0 Å². The smallest absolute Gasteiger partial charge is 0.0684 e. The van der Waals surface area contributed by atoms with E-state index in [2.05, 4.69) is 39.0 Å². The molecule has 0 heterocycles. The highest BCUT2D eigenvalue weighted by molar-refractivity contribution is 5.32. The Morgan fingerprint density at radius 1 is 1.27 bits per heavy atom. The Bertz CT molecular complexity index is 304. The van der Waals surface area contributed by atoms with Crippen molar-refractivity contribution in [2.75, 3.05) is 0 Å². The van der Waals surface area contributed by atoms with E-state index in [1.54, 1.807) is 0 Å². The molecule has 1 heteroatoms. The topological polar surface area (TPSA) is 20.2 Å². The average Bonchev–Trinajstić information content (AvgIpc) is 2.25. The summed E-state index contributed by atoms with van der Waals surface area (Å²) in [5.74, 6) is 0.682. The highest BCUT2D eigenvalue weighted by atomic mass is 16.3. The first-order valence-corrected chi connectivity index (χ1v) is 5.93. The minimum atomic E-state index is 0.149. The summed E-state index contributed by atoms with van der Waals surface area (Å²) in [6.07, 6.45) is 3.69. The van der Waals surface area contributed by atoms with Crippen LogP contribution in [0.15, 0.2) is 18.2 Å². The van der Waals surface area contributed by atoms with Gasteiger partial charge in [0.15, 0.2) is 0 Å². The van der Waals surface area contributed by atoms with Crippen molar-refractivity contribution in [3.63, 3.8) is 0 Å². The Morgan fingerprint density at radius 2 is 2.00 bits per heavy atom. The van der Waals surface area contributed by atoms with Crippen molar-refractivity contribution >= 4 is 0 Å². The zero-order chi connectivity index (χ0) is 11.3. The molecule has 1 aromatic carbocycles. The van der Waals surface area contributed by atoms with Crippen LogP contribution >= 0.6 is 0 Å². The molecule has 1 nitrogen and oxygen atoms in total. The molecule has 1 unspecified atom stereocenters. The van der Waals surface area contributed by atoms with Gasteiger partial charge in [0.05, 0.1) is 6.61 Å². The summed E-state index contributed by atoms with van der Waals surface area (Å²) < 4.78 is 0. The van der Waals surface area contributed by atoms with Crippen molar-refractivity contribution in [3.8, 4) is 0 Å². The van der Waals surface area contributed by atoms with Gasteiger partial charge < -0.3 is 5.11 Å². The molecule has 1 rings (SSSR count). The number of benzene rings is 1. The fourth-order valence-corrected chi connectivity index (χ4v) is 2.11. The highest BCUT2D eigenvalue weighted by Crippen LogP contribution is 2.26. The SMILES string of the molecule is CCCC(CC)c1ccc(CO)c(C)c1. The maximum atomic E-state index is 9.11. The van der Waals surface area contributed by atoms with E-state index in [9.17, 15) is 0 Å².